The van der Waals surface area contributed by atoms with Crippen molar-refractivity contribution in [2.24, 2.45) is 7.05 Å². The zero-order valence-electron chi connectivity index (χ0n) is 19.6. The van der Waals surface area contributed by atoms with E-state index in [0.717, 1.165) is 30.4 Å². The predicted molar refractivity (Wildman–Crippen MR) is 126 cm³/mol. The molecule has 1 unspecified atom stereocenters. The van der Waals surface area contributed by atoms with E-state index >= 15 is 0 Å². The van der Waals surface area contributed by atoms with E-state index in [-0.39, 0.29) is 29.6 Å². The van der Waals surface area contributed by atoms with E-state index in [4.69, 9.17) is 0 Å². The van der Waals surface area contributed by atoms with Crippen LogP contribution in [0, 0.1) is 0 Å². The Hall–Kier alpha value is -3.40. The van der Waals surface area contributed by atoms with Gasteiger partial charge in [0.15, 0.2) is 0 Å². The molecule has 2 aliphatic heterocycles. The number of anilines is 2. The van der Waals surface area contributed by atoms with Crippen molar-refractivity contribution in [1.82, 2.24) is 20.1 Å². The van der Waals surface area contributed by atoms with Gasteiger partial charge in [0.2, 0.25) is 0 Å². The lowest BCUT2D eigenvalue weighted by Crippen LogP contribution is -2.23. The molecule has 0 bridgehead atoms. The molecular formula is C25H27F3N6O. The molecule has 0 spiro atoms. The number of carbonyl (C=O) groups is 1. The number of nitrogens with one attached hydrogen (secondary N) is 2. The molecule has 10 heteroatoms. The summed E-state index contributed by atoms with van der Waals surface area (Å²) in [6, 6.07) is 10.2. The molecule has 1 saturated heterocycles. The molecule has 2 aliphatic rings. The molecule has 1 fully saturated rings. The van der Waals surface area contributed by atoms with E-state index in [1.165, 1.54) is 4.90 Å². The normalized spacial score (nSPS) is 18.7. The smallest absolute Gasteiger partial charge is 0.381 e. The molecule has 2 aromatic carbocycles. The van der Waals surface area contributed by atoms with Gasteiger partial charge in [0.05, 0.1) is 12.1 Å². The predicted octanol–water partition coefficient (Wildman–Crippen LogP) is 4.11. The molecule has 0 aliphatic carbocycles. The average Bonchev–Trinajstić information content (AvgIpc) is 3.55. The number of halogens is 3. The summed E-state index contributed by atoms with van der Waals surface area (Å²) in [5.74, 6) is 0.496. The number of aryl methyl sites for hydroxylation is 1. The number of nitrogens with zero attached hydrogens (tertiary/aromatic N) is 4. The zero-order chi connectivity index (χ0) is 24.7. The fourth-order valence-corrected chi connectivity index (χ4v) is 4.85. The third-order valence-electron chi connectivity index (χ3n) is 6.82. The Morgan fingerprint density at radius 1 is 1.26 bits per heavy atom. The summed E-state index contributed by atoms with van der Waals surface area (Å²) in [5.41, 5.74) is 1.25. The van der Waals surface area contributed by atoms with E-state index in [0.29, 0.717) is 24.3 Å². The Bertz CT molecular complexity index is 1250. The molecule has 184 valence electrons. The highest BCUT2D eigenvalue weighted by Crippen LogP contribution is 2.41. The van der Waals surface area contributed by atoms with Crippen molar-refractivity contribution in [1.29, 1.82) is 0 Å². The molecule has 0 radical (unpaired) electrons. The van der Waals surface area contributed by atoms with Gasteiger partial charge in [-0.25, -0.2) is 0 Å². The molecule has 3 heterocycles. The molecule has 5 rings (SSSR count). The summed E-state index contributed by atoms with van der Waals surface area (Å²) in [6.45, 7) is 3.42. The minimum Gasteiger partial charge on any atom is -0.381 e. The number of hydrogen-bond donors (Lipinski definition) is 2. The monoisotopic (exact) mass is 484 g/mol. The van der Waals surface area contributed by atoms with E-state index in [9.17, 15) is 18.0 Å². The van der Waals surface area contributed by atoms with Crippen LogP contribution in [-0.4, -0.2) is 39.8 Å². The Labute approximate surface area is 201 Å². The van der Waals surface area contributed by atoms with E-state index in [2.05, 4.69) is 20.8 Å². The van der Waals surface area contributed by atoms with Crippen LogP contribution in [0.2, 0.25) is 0 Å². The maximum atomic E-state index is 14.0. The van der Waals surface area contributed by atoms with Gasteiger partial charge in [0.1, 0.15) is 12.2 Å². The SMILES string of the molecule is CC(Cc1nncn1C)c1cccc(N2Cc3c(cc(N[C@H]4CCNC4)cc3C(F)(F)F)C2=O)c1. The largest absolute Gasteiger partial charge is 0.416 e. The molecule has 3 aromatic rings. The van der Waals surface area contributed by atoms with Gasteiger partial charge in [0, 0.05) is 43.0 Å². The van der Waals surface area contributed by atoms with Gasteiger partial charge < -0.3 is 20.1 Å². The highest BCUT2D eigenvalue weighted by molar-refractivity contribution is 6.11. The minimum absolute atomic E-state index is 0.0233. The van der Waals surface area contributed by atoms with Crippen LogP contribution in [0.15, 0.2) is 42.7 Å². The molecule has 1 aromatic heterocycles. The second kappa shape index (κ2) is 8.99. The molecule has 7 nitrogen and oxygen atoms in total. The van der Waals surface area contributed by atoms with Crippen LogP contribution in [-0.2, 0) is 26.2 Å². The lowest BCUT2D eigenvalue weighted by atomic mass is 9.97. The van der Waals surface area contributed by atoms with Crippen molar-refractivity contribution < 1.29 is 18.0 Å². The molecular weight excluding hydrogens is 457 g/mol. The molecule has 1 amide bonds. The molecule has 0 saturated carbocycles. The summed E-state index contributed by atoms with van der Waals surface area (Å²) < 4.78 is 43.8. The van der Waals surface area contributed by atoms with Gasteiger partial charge in [-0.05, 0) is 54.3 Å². The van der Waals surface area contributed by atoms with E-state index in [1.54, 1.807) is 18.5 Å². The fraction of sp³-hybridized carbons (Fsp3) is 0.400. The van der Waals surface area contributed by atoms with Gasteiger partial charge in [-0.3, -0.25) is 4.79 Å². The number of hydrogen-bond acceptors (Lipinski definition) is 5. The first-order chi connectivity index (χ1) is 16.7. The van der Waals surface area contributed by atoms with Crippen molar-refractivity contribution >= 4 is 17.3 Å². The number of fused-ring (bicyclic) bond motifs is 1. The van der Waals surface area contributed by atoms with Gasteiger partial charge >= 0.3 is 6.18 Å². The molecule has 2 N–H and O–H groups in total. The zero-order valence-corrected chi connectivity index (χ0v) is 19.6. The highest BCUT2D eigenvalue weighted by atomic mass is 19.4. The Morgan fingerprint density at radius 2 is 2.09 bits per heavy atom. The first-order valence-electron chi connectivity index (χ1n) is 11.7. The Kier molecular flexibility index (Phi) is 6.00. The fourth-order valence-electron chi connectivity index (χ4n) is 4.85. The van der Waals surface area contributed by atoms with Crippen molar-refractivity contribution in [3.05, 3.63) is 70.8 Å². The van der Waals surface area contributed by atoms with Crippen LogP contribution in [0.3, 0.4) is 0 Å². The van der Waals surface area contributed by atoms with Crippen molar-refractivity contribution in [2.45, 2.75) is 44.4 Å². The first kappa shape index (κ1) is 23.3. The van der Waals surface area contributed by atoms with Gasteiger partial charge in [-0.2, -0.15) is 13.2 Å². The van der Waals surface area contributed by atoms with Crippen molar-refractivity contribution in [2.75, 3.05) is 23.3 Å². The topological polar surface area (TPSA) is 75.1 Å². The minimum atomic E-state index is -4.56. The van der Waals surface area contributed by atoms with Crippen LogP contribution < -0.4 is 15.5 Å². The molecule has 35 heavy (non-hydrogen) atoms. The second-order valence-electron chi connectivity index (χ2n) is 9.33. The molecule has 2 atom stereocenters. The number of benzene rings is 2. The number of amides is 1. The maximum absolute atomic E-state index is 14.0. The summed E-state index contributed by atoms with van der Waals surface area (Å²) >= 11 is 0. The second-order valence-corrected chi connectivity index (χ2v) is 9.33. The first-order valence-corrected chi connectivity index (χ1v) is 11.7. The summed E-state index contributed by atoms with van der Waals surface area (Å²) in [5, 5.41) is 14.4. The number of aromatic nitrogens is 3. The number of alkyl halides is 3. The standard InChI is InChI=1S/C25H27F3N6O/c1-15(8-23-32-30-14-33(23)2)16-4-3-5-19(9-16)34-13-21-20(24(34)35)10-18(11-22(21)25(26,27)28)31-17-6-7-29-12-17/h3-5,9-11,14-15,17,29,31H,6-8,12-13H2,1-2H3/t15?,17-/m0/s1. The van der Waals surface area contributed by atoms with Crippen LogP contribution in [0.5, 0.6) is 0 Å². The quantitative estimate of drug-likeness (QED) is 0.551. The number of rotatable bonds is 6. The Balaban J connectivity index is 1.44. The summed E-state index contributed by atoms with van der Waals surface area (Å²) in [7, 11) is 1.88. The third kappa shape index (κ3) is 4.62. The van der Waals surface area contributed by atoms with Crippen LogP contribution in [0.25, 0.3) is 0 Å². The average molecular weight is 485 g/mol. The van der Waals surface area contributed by atoms with Crippen LogP contribution in [0.1, 0.15) is 52.1 Å². The van der Waals surface area contributed by atoms with E-state index in [1.807, 2.05) is 36.7 Å². The number of carbonyl (C=O) groups excluding carboxylic acids is 1. The maximum Gasteiger partial charge on any atom is 0.416 e. The summed E-state index contributed by atoms with van der Waals surface area (Å²) in [6.07, 6.45) is -1.45. The lowest BCUT2D eigenvalue weighted by molar-refractivity contribution is -0.138. The van der Waals surface area contributed by atoms with E-state index < -0.39 is 17.6 Å². The highest BCUT2D eigenvalue weighted by Gasteiger charge is 2.40. The van der Waals surface area contributed by atoms with Gasteiger partial charge in [0.25, 0.3) is 5.91 Å². The summed E-state index contributed by atoms with van der Waals surface area (Å²) in [4.78, 5) is 14.8. The van der Waals surface area contributed by atoms with Crippen molar-refractivity contribution in [3.63, 3.8) is 0 Å². The lowest BCUT2D eigenvalue weighted by Gasteiger charge is -2.19. The van der Waals surface area contributed by atoms with Crippen LogP contribution >= 0.6 is 0 Å². The third-order valence-corrected chi connectivity index (χ3v) is 6.82. The van der Waals surface area contributed by atoms with Crippen LogP contribution in [0.4, 0.5) is 24.5 Å². The van der Waals surface area contributed by atoms with Gasteiger partial charge in [-0.1, -0.05) is 19.1 Å². The Morgan fingerprint density at radius 3 is 2.77 bits per heavy atom. The van der Waals surface area contributed by atoms with Gasteiger partial charge in [-0.15, -0.1) is 10.2 Å². The van der Waals surface area contributed by atoms with Crippen molar-refractivity contribution in [3.8, 4) is 0 Å².